The van der Waals surface area contributed by atoms with Crippen molar-refractivity contribution in [3.63, 3.8) is 0 Å². The van der Waals surface area contributed by atoms with Gasteiger partial charge in [-0.1, -0.05) is 24.3 Å². The number of hydrogen-bond donors (Lipinski definition) is 1. The maximum Gasteiger partial charge on any atom is 0.224 e. The molecule has 29 heavy (non-hydrogen) atoms. The van der Waals surface area contributed by atoms with E-state index in [-0.39, 0.29) is 12.0 Å². The smallest absolute Gasteiger partial charge is 0.224 e. The van der Waals surface area contributed by atoms with Gasteiger partial charge in [-0.2, -0.15) is 0 Å². The van der Waals surface area contributed by atoms with Crippen LogP contribution in [-0.4, -0.2) is 29.8 Å². The molecule has 5 heteroatoms. The first-order chi connectivity index (χ1) is 14.3. The number of amides is 1. The summed E-state index contributed by atoms with van der Waals surface area (Å²) in [7, 11) is 0. The Balaban J connectivity index is 1.22. The van der Waals surface area contributed by atoms with Crippen molar-refractivity contribution in [3.05, 3.63) is 84.2 Å². The molecule has 1 N–H and O–H groups in total. The number of nitrogens with one attached hydrogen (secondary N) is 1. The SMILES string of the molecule is O=C(Cc1ccc(-n2cccc2)cc1)NCc1ccc(OCC2CCCO2)cc1. The highest BCUT2D eigenvalue weighted by Crippen LogP contribution is 2.17. The molecule has 1 fully saturated rings. The van der Waals surface area contributed by atoms with Crippen LogP contribution in [0.5, 0.6) is 5.75 Å². The lowest BCUT2D eigenvalue weighted by Gasteiger charge is -2.12. The highest BCUT2D eigenvalue weighted by atomic mass is 16.5. The molecule has 1 aromatic heterocycles. The van der Waals surface area contributed by atoms with E-state index in [1.54, 1.807) is 0 Å². The third kappa shape index (κ3) is 5.48. The van der Waals surface area contributed by atoms with Crippen LogP contribution in [0.3, 0.4) is 0 Å². The van der Waals surface area contributed by atoms with Gasteiger partial charge in [0.2, 0.25) is 5.91 Å². The van der Waals surface area contributed by atoms with E-state index in [9.17, 15) is 4.79 Å². The lowest BCUT2D eigenvalue weighted by atomic mass is 10.1. The quantitative estimate of drug-likeness (QED) is 0.635. The highest BCUT2D eigenvalue weighted by Gasteiger charge is 2.15. The molecule has 1 amide bonds. The third-order valence-electron chi connectivity index (χ3n) is 5.08. The summed E-state index contributed by atoms with van der Waals surface area (Å²) in [6.45, 7) is 1.94. The topological polar surface area (TPSA) is 52.5 Å². The van der Waals surface area contributed by atoms with Crippen LogP contribution in [0, 0.1) is 0 Å². The molecule has 1 atom stereocenters. The minimum atomic E-state index is 0.0115. The molecule has 4 rings (SSSR count). The van der Waals surface area contributed by atoms with E-state index in [1.807, 2.05) is 77.6 Å². The van der Waals surface area contributed by atoms with Crippen molar-refractivity contribution in [2.75, 3.05) is 13.2 Å². The summed E-state index contributed by atoms with van der Waals surface area (Å²) in [5, 5.41) is 2.98. The Bertz CT molecular complexity index is 896. The molecule has 150 valence electrons. The molecule has 0 saturated carbocycles. The van der Waals surface area contributed by atoms with Crippen molar-refractivity contribution >= 4 is 5.91 Å². The molecule has 0 bridgehead atoms. The van der Waals surface area contributed by atoms with Crippen molar-refractivity contribution in [1.29, 1.82) is 0 Å². The van der Waals surface area contributed by atoms with Crippen LogP contribution >= 0.6 is 0 Å². The Morgan fingerprint density at radius 3 is 2.45 bits per heavy atom. The highest BCUT2D eigenvalue weighted by molar-refractivity contribution is 5.78. The zero-order chi connectivity index (χ0) is 19.9. The van der Waals surface area contributed by atoms with Gasteiger partial charge in [-0.15, -0.1) is 0 Å². The monoisotopic (exact) mass is 390 g/mol. The molecule has 0 spiro atoms. The van der Waals surface area contributed by atoms with Crippen LogP contribution in [0.4, 0.5) is 0 Å². The van der Waals surface area contributed by atoms with Crippen LogP contribution in [0.2, 0.25) is 0 Å². The van der Waals surface area contributed by atoms with Crippen molar-refractivity contribution in [3.8, 4) is 11.4 Å². The molecular formula is C24H26N2O3. The Morgan fingerprint density at radius 1 is 1.03 bits per heavy atom. The standard InChI is InChI=1S/C24H26N2O3/c27-24(16-19-5-9-21(10-6-19)26-13-1-2-14-26)25-17-20-7-11-22(12-8-20)29-18-23-4-3-15-28-23/h1-2,5-14,23H,3-4,15-18H2,(H,25,27). The fourth-order valence-electron chi connectivity index (χ4n) is 3.41. The lowest BCUT2D eigenvalue weighted by molar-refractivity contribution is -0.120. The number of aromatic nitrogens is 1. The minimum absolute atomic E-state index is 0.0115. The first kappa shape index (κ1) is 19.3. The summed E-state index contributed by atoms with van der Waals surface area (Å²) in [4.78, 5) is 12.3. The van der Waals surface area contributed by atoms with E-state index in [0.29, 0.717) is 19.6 Å². The van der Waals surface area contributed by atoms with Gasteiger partial charge in [-0.05, 0) is 60.4 Å². The van der Waals surface area contributed by atoms with Crippen LogP contribution in [0.15, 0.2) is 73.1 Å². The van der Waals surface area contributed by atoms with Crippen molar-refractivity contribution in [2.45, 2.75) is 31.9 Å². The van der Waals surface area contributed by atoms with E-state index in [4.69, 9.17) is 9.47 Å². The number of nitrogens with zero attached hydrogens (tertiary/aromatic N) is 1. The van der Waals surface area contributed by atoms with Crippen molar-refractivity contribution in [2.24, 2.45) is 0 Å². The molecule has 1 saturated heterocycles. The van der Waals surface area contributed by atoms with Gasteiger partial charge in [0.1, 0.15) is 12.4 Å². The van der Waals surface area contributed by atoms with Crippen LogP contribution in [0.25, 0.3) is 5.69 Å². The Hall–Kier alpha value is -3.05. The second-order valence-electron chi connectivity index (χ2n) is 7.30. The van der Waals surface area contributed by atoms with Crippen LogP contribution < -0.4 is 10.1 Å². The number of benzene rings is 2. The predicted molar refractivity (Wildman–Crippen MR) is 112 cm³/mol. The molecular weight excluding hydrogens is 364 g/mol. The van der Waals surface area contributed by atoms with E-state index in [0.717, 1.165) is 42.0 Å². The number of carbonyl (C=O) groups is 1. The normalized spacial score (nSPS) is 15.9. The maximum atomic E-state index is 12.3. The molecule has 0 aliphatic carbocycles. The van der Waals surface area contributed by atoms with E-state index in [1.165, 1.54) is 0 Å². The Kier molecular flexibility index (Phi) is 6.27. The molecule has 5 nitrogen and oxygen atoms in total. The summed E-state index contributed by atoms with van der Waals surface area (Å²) in [6, 6.07) is 19.9. The average Bonchev–Trinajstić information content (AvgIpc) is 3.46. The van der Waals surface area contributed by atoms with Gasteiger partial charge in [-0.3, -0.25) is 4.79 Å². The van der Waals surface area contributed by atoms with E-state index in [2.05, 4.69) is 5.32 Å². The van der Waals surface area contributed by atoms with Gasteiger partial charge < -0.3 is 19.4 Å². The maximum absolute atomic E-state index is 12.3. The first-order valence-electron chi connectivity index (χ1n) is 10.1. The summed E-state index contributed by atoms with van der Waals surface area (Å²) in [5.41, 5.74) is 3.13. The van der Waals surface area contributed by atoms with Gasteiger partial charge in [0.15, 0.2) is 0 Å². The minimum Gasteiger partial charge on any atom is -0.491 e. The van der Waals surface area contributed by atoms with Gasteiger partial charge in [0.05, 0.1) is 12.5 Å². The van der Waals surface area contributed by atoms with E-state index < -0.39 is 0 Å². The Labute approximate surface area is 171 Å². The van der Waals surface area contributed by atoms with E-state index >= 15 is 0 Å². The Morgan fingerprint density at radius 2 is 1.76 bits per heavy atom. The van der Waals surface area contributed by atoms with Crippen molar-refractivity contribution < 1.29 is 14.3 Å². The summed E-state index contributed by atoms with van der Waals surface area (Å²) in [5.74, 6) is 0.843. The second kappa shape index (κ2) is 9.43. The van der Waals surface area contributed by atoms with Crippen LogP contribution in [-0.2, 0) is 22.5 Å². The number of ether oxygens (including phenoxy) is 2. The van der Waals surface area contributed by atoms with Gasteiger partial charge >= 0.3 is 0 Å². The molecule has 1 unspecified atom stereocenters. The number of rotatable bonds is 8. The zero-order valence-electron chi connectivity index (χ0n) is 16.4. The number of hydrogen-bond acceptors (Lipinski definition) is 3. The molecule has 1 aliphatic rings. The van der Waals surface area contributed by atoms with Gasteiger partial charge in [0.25, 0.3) is 0 Å². The zero-order valence-corrected chi connectivity index (χ0v) is 16.4. The lowest BCUT2D eigenvalue weighted by Crippen LogP contribution is -2.24. The van der Waals surface area contributed by atoms with Crippen LogP contribution in [0.1, 0.15) is 24.0 Å². The fraction of sp³-hybridized carbons (Fsp3) is 0.292. The largest absolute Gasteiger partial charge is 0.491 e. The second-order valence-corrected chi connectivity index (χ2v) is 7.30. The molecule has 2 heterocycles. The third-order valence-corrected chi connectivity index (χ3v) is 5.08. The molecule has 1 aliphatic heterocycles. The van der Waals surface area contributed by atoms with Crippen molar-refractivity contribution in [1.82, 2.24) is 9.88 Å². The van der Waals surface area contributed by atoms with Gasteiger partial charge in [0, 0.05) is 31.2 Å². The fourth-order valence-corrected chi connectivity index (χ4v) is 3.41. The predicted octanol–water partition coefficient (Wildman–Crippen LogP) is 3.89. The molecule has 2 aromatic carbocycles. The average molecular weight is 390 g/mol. The van der Waals surface area contributed by atoms with Gasteiger partial charge in [-0.25, -0.2) is 0 Å². The molecule has 0 radical (unpaired) electrons. The number of carbonyl (C=O) groups excluding carboxylic acids is 1. The summed E-state index contributed by atoms with van der Waals surface area (Å²) < 4.78 is 13.4. The summed E-state index contributed by atoms with van der Waals surface area (Å²) in [6.07, 6.45) is 6.77. The first-order valence-corrected chi connectivity index (χ1v) is 10.1. The summed E-state index contributed by atoms with van der Waals surface area (Å²) >= 11 is 0. The molecule has 3 aromatic rings.